The van der Waals surface area contributed by atoms with Crippen molar-refractivity contribution in [2.24, 2.45) is 11.8 Å². The molecular weight excluding hydrogens is 214 g/mol. The van der Waals surface area contributed by atoms with Crippen LogP contribution in [0, 0.1) is 11.8 Å². The minimum Gasteiger partial charge on any atom is -0.275 e. The van der Waals surface area contributed by atoms with Crippen molar-refractivity contribution in [3.05, 3.63) is 12.7 Å². The second kappa shape index (κ2) is 7.71. The average Bonchev–Trinajstić information content (AvgIpc) is 2.24. The summed E-state index contributed by atoms with van der Waals surface area (Å²) >= 11 is 5.68. The van der Waals surface area contributed by atoms with Crippen molar-refractivity contribution < 1.29 is 9.63 Å². The molecule has 0 aromatic carbocycles. The van der Waals surface area contributed by atoms with E-state index in [4.69, 9.17) is 16.4 Å². The van der Waals surface area contributed by atoms with Gasteiger partial charge in [0, 0.05) is 18.8 Å². The average molecular weight is 234 g/mol. The summed E-state index contributed by atoms with van der Waals surface area (Å²) in [5, 5.41) is 1.26. The molecule has 0 unspecified atom stereocenters. The molecule has 0 saturated heterocycles. The van der Waals surface area contributed by atoms with Crippen LogP contribution in [-0.4, -0.2) is 31.0 Å². The number of hydrogen-bond acceptors (Lipinski definition) is 2. The lowest BCUT2D eigenvalue weighted by Gasteiger charge is -2.25. The molecule has 0 aromatic heterocycles. The van der Waals surface area contributed by atoms with E-state index in [-0.39, 0.29) is 17.7 Å². The van der Waals surface area contributed by atoms with E-state index in [1.807, 2.05) is 6.92 Å². The van der Waals surface area contributed by atoms with Crippen LogP contribution < -0.4 is 0 Å². The molecule has 0 aliphatic heterocycles. The molecule has 1 amide bonds. The molecule has 0 bridgehead atoms. The topological polar surface area (TPSA) is 29.5 Å². The van der Waals surface area contributed by atoms with Gasteiger partial charge in [0.05, 0.1) is 7.11 Å². The summed E-state index contributed by atoms with van der Waals surface area (Å²) in [6.45, 7) is 5.69. The number of alkyl halides is 1. The molecule has 4 heteroatoms. The van der Waals surface area contributed by atoms with Gasteiger partial charge in [-0.05, 0) is 18.8 Å². The molecule has 0 N–H and O–H groups in total. The van der Waals surface area contributed by atoms with Gasteiger partial charge in [-0.2, -0.15) is 0 Å². The SMILES string of the molecule is C=CC[C@H](C(=O)N(C)OC)[C@H](C)CCCl. The van der Waals surface area contributed by atoms with Gasteiger partial charge in [-0.15, -0.1) is 18.2 Å². The number of carbonyl (C=O) groups is 1. The second-order valence-corrected chi connectivity index (χ2v) is 3.98. The number of amides is 1. The smallest absolute Gasteiger partial charge is 0.249 e. The van der Waals surface area contributed by atoms with Gasteiger partial charge in [-0.3, -0.25) is 9.63 Å². The number of halogens is 1. The molecule has 0 rings (SSSR count). The lowest BCUT2D eigenvalue weighted by molar-refractivity contribution is -0.175. The van der Waals surface area contributed by atoms with Gasteiger partial charge >= 0.3 is 0 Å². The summed E-state index contributed by atoms with van der Waals surface area (Å²) in [7, 11) is 3.10. The van der Waals surface area contributed by atoms with Crippen LogP contribution in [-0.2, 0) is 9.63 Å². The van der Waals surface area contributed by atoms with Crippen LogP contribution in [0.1, 0.15) is 19.8 Å². The summed E-state index contributed by atoms with van der Waals surface area (Å²) in [6.07, 6.45) is 3.24. The van der Waals surface area contributed by atoms with Crippen LogP contribution in [0.25, 0.3) is 0 Å². The first-order valence-corrected chi connectivity index (χ1v) is 5.60. The molecule has 0 aliphatic rings. The first kappa shape index (κ1) is 14.5. The van der Waals surface area contributed by atoms with E-state index >= 15 is 0 Å². The minimum absolute atomic E-state index is 0.0185. The molecule has 0 spiro atoms. The highest BCUT2D eigenvalue weighted by Gasteiger charge is 2.26. The Morgan fingerprint density at radius 3 is 2.67 bits per heavy atom. The summed E-state index contributed by atoms with van der Waals surface area (Å²) in [4.78, 5) is 16.8. The van der Waals surface area contributed by atoms with E-state index in [1.54, 1.807) is 13.1 Å². The van der Waals surface area contributed by atoms with Crippen LogP contribution >= 0.6 is 11.6 Å². The zero-order valence-electron chi connectivity index (χ0n) is 9.70. The van der Waals surface area contributed by atoms with E-state index in [0.29, 0.717) is 12.3 Å². The Hall–Kier alpha value is -0.540. The van der Waals surface area contributed by atoms with E-state index in [0.717, 1.165) is 6.42 Å². The van der Waals surface area contributed by atoms with Crippen LogP contribution in [0.2, 0.25) is 0 Å². The Morgan fingerprint density at radius 2 is 2.27 bits per heavy atom. The van der Waals surface area contributed by atoms with Crippen molar-refractivity contribution in [3.8, 4) is 0 Å². The molecule has 0 aliphatic carbocycles. The standard InChI is InChI=1S/C11H20ClNO2/c1-5-6-10(9(2)7-8-12)11(14)13(3)15-4/h5,9-10H,1,6-8H2,2-4H3/t9-,10+/m1/s1. The van der Waals surface area contributed by atoms with Crippen molar-refractivity contribution in [3.63, 3.8) is 0 Å². The number of nitrogens with zero attached hydrogens (tertiary/aromatic N) is 1. The first-order valence-electron chi connectivity index (χ1n) is 5.07. The fourth-order valence-electron chi connectivity index (χ4n) is 1.45. The molecule has 0 aromatic rings. The fraction of sp³-hybridized carbons (Fsp3) is 0.727. The number of rotatable bonds is 7. The largest absolute Gasteiger partial charge is 0.275 e. The van der Waals surface area contributed by atoms with Gasteiger partial charge in [0.15, 0.2) is 0 Å². The Kier molecular flexibility index (Phi) is 7.44. The maximum atomic E-state index is 11.9. The van der Waals surface area contributed by atoms with Crippen LogP contribution in [0.15, 0.2) is 12.7 Å². The molecule has 0 heterocycles. The van der Waals surface area contributed by atoms with Gasteiger partial charge in [0.25, 0.3) is 0 Å². The summed E-state index contributed by atoms with van der Waals surface area (Å²) < 4.78 is 0. The zero-order valence-corrected chi connectivity index (χ0v) is 10.5. The number of hydrogen-bond donors (Lipinski definition) is 0. The monoisotopic (exact) mass is 233 g/mol. The van der Waals surface area contributed by atoms with Gasteiger partial charge in [-0.25, -0.2) is 5.06 Å². The van der Waals surface area contributed by atoms with Crippen molar-refractivity contribution in [1.82, 2.24) is 5.06 Å². The molecule has 3 nitrogen and oxygen atoms in total. The summed E-state index contributed by atoms with van der Waals surface area (Å²) in [6, 6.07) is 0. The number of carbonyl (C=O) groups excluding carboxylic acids is 1. The third-order valence-electron chi connectivity index (χ3n) is 2.57. The quantitative estimate of drug-likeness (QED) is 0.384. The zero-order chi connectivity index (χ0) is 11.8. The summed E-state index contributed by atoms with van der Waals surface area (Å²) in [5.41, 5.74) is 0. The maximum absolute atomic E-state index is 11.9. The molecule has 2 atom stereocenters. The lowest BCUT2D eigenvalue weighted by atomic mass is 9.88. The molecule has 15 heavy (non-hydrogen) atoms. The molecule has 0 fully saturated rings. The Bertz CT molecular complexity index is 209. The highest BCUT2D eigenvalue weighted by atomic mass is 35.5. The summed E-state index contributed by atoms with van der Waals surface area (Å²) in [5.74, 6) is 0.700. The van der Waals surface area contributed by atoms with E-state index < -0.39 is 0 Å². The Morgan fingerprint density at radius 1 is 1.67 bits per heavy atom. The van der Waals surface area contributed by atoms with E-state index in [9.17, 15) is 4.79 Å². The predicted molar refractivity (Wildman–Crippen MR) is 62.6 cm³/mol. The number of allylic oxidation sites excluding steroid dienone is 1. The van der Waals surface area contributed by atoms with Crippen molar-refractivity contribution in [2.75, 3.05) is 20.0 Å². The second-order valence-electron chi connectivity index (χ2n) is 3.60. The lowest BCUT2D eigenvalue weighted by Crippen LogP contribution is -2.35. The van der Waals surface area contributed by atoms with Gasteiger partial charge in [-0.1, -0.05) is 13.0 Å². The van der Waals surface area contributed by atoms with Crippen LogP contribution in [0.3, 0.4) is 0 Å². The van der Waals surface area contributed by atoms with E-state index in [1.165, 1.54) is 12.2 Å². The third-order valence-corrected chi connectivity index (χ3v) is 2.79. The van der Waals surface area contributed by atoms with E-state index in [2.05, 4.69) is 6.58 Å². The van der Waals surface area contributed by atoms with Crippen molar-refractivity contribution >= 4 is 17.5 Å². The number of hydroxylamine groups is 2. The Balaban J connectivity index is 4.49. The maximum Gasteiger partial charge on any atom is 0.249 e. The highest BCUT2D eigenvalue weighted by molar-refractivity contribution is 6.17. The van der Waals surface area contributed by atoms with Crippen molar-refractivity contribution in [2.45, 2.75) is 19.8 Å². The first-order chi connectivity index (χ1) is 7.08. The highest BCUT2D eigenvalue weighted by Crippen LogP contribution is 2.22. The minimum atomic E-state index is -0.0915. The Labute approximate surface area is 97.0 Å². The van der Waals surface area contributed by atoms with Gasteiger partial charge in [0.1, 0.15) is 0 Å². The van der Waals surface area contributed by atoms with Crippen molar-refractivity contribution in [1.29, 1.82) is 0 Å². The van der Waals surface area contributed by atoms with Crippen LogP contribution in [0.5, 0.6) is 0 Å². The molecular formula is C11H20ClNO2. The molecule has 88 valence electrons. The van der Waals surface area contributed by atoms with Crippen LogP contribution in [0.4, 0.5) is 0 Å². The van der Waals surface area contributed by atoms with Gasteiger partial charge in [0.2, 0.25) is 5.91 Å². The molecule has 0 radical (unpaired) electrons. The molecule has 0 saturated carbocycles. The normalized spacial score (nSPS) is 14.4. The fourth-order valence-corrected chi connectivity index (χ4v) is 1.80. The predicted octanol–water partition coefficient (Wildman–Crippen LogP) is 2.46. The van der Waals surface area contributed by atoms with Gasteiger partial charge < -0.3 is 0 Å². The third kappa shape index (κ3) is 4.67.